The van der Waals surface area contributed by atoms with Gasteiger partial charge in [-0.1, -0.05) is 24.3 Å². The van der Waals surface area contributed by atoms with Gasteiger partial charge in [-0.05, 0) is 24.1 Å². The molecule has 2 amide bonds. The molecule has 108 valence electrons. The number of rotatable bonds is 3. The van der Waals surface area contributed by atoms with Crippen molar-refractivity contribution in [3.05, 3.63) is 23.8 Å². The Balaban J connectivity index is 1.78. The highest BCUT2D eigenvalue weighted by atomic mass is 32.1. The first-order chi connectivity index (χ1) is 10.2. The topological polar surface area (TPSA) is 83.4 Å². The van der Waals surface area contributed by atoms with Crippen LogP contribution in [0.25, 0.3) is 10.2 Å². The van der Waals surface area contributed by atoms with Crippen molar-refractivity contribution in [1.29, 1.82) is 0 Å². The van der Waals surface area contributed by atoms with Gasteiger partial charge >= 0.3 is 0 Å². The highest BCUT2D eigenvalue weighted by Crippen LogP contribution is 2.27. The summed E-state index contributed by atoms with van der Waals surface area (Å²) < 4.78 is 1.04. The van der Waals surface area contributed by atoms with Gasteiger partial charge in [0.2, 0.25) is 5.91 Å². The molecule has 3 rings (SSSR count). The van der Waals surface area contributed by atoms with Crippen LogP contribution in [-0.2, 0) is 16.0 Å². The molecule has 21 heavy (non-hydrogen) atoms. The fourth-order valence-corrected chi connectivity index (χ4v) is 2.97. The molecule has 2 aromatic rings. The quantitative estimate of drug-likeness (QED) is 0.910. The molecule has 1 aromatic carbocycles. The van der Waals surface area contributed by atoms with Gasteiger partial charge in [0, 0.05) is 12.8 Å². The number of nitrogens with zero attached hydrogens (tertiary/aromatic N) is 2. The second kappa shape index (κ2) is 5.61. The number of aromatic nitrogens is 1. The van der Waals surface area contributed by atoms with Crippen molar-refractivity contribution < 1.29 is 9.59 Å². The predicted molar refractivity (Wildman–Crippen MR) is 82.4 cm³/mol. The largest absolute Gasteiger partial charge is 0.297 e. The third kappa shape index (κ3) is 2.92. The molecule has 0 atom stereocenters. The molecular formula is C14H14N4O2S. The van der Waals surface area contributed by atoms with Gasteiger partial charge < -0.3 is 0 Å². The molecule has 0 bridgehead atoms. The number of carbonyl (C=O) groups is 2. The van der Waals surface area contributed by atoms with Crippen molar-refractivity contribution in [1.82, 2.24) is 10.4 Å². The number of carbonyl (C=O) groups excluding carboxylic acids is 2. The van der Waals surface area contributed by atoms with Crippen molar-refractivity contribution in [2.24, 2.45) is 5.10 Å². The Morgan fingerprint density at radius 2 is 2.29 bits per heavy atom. The highest BCUT2D eigenvalue weighted by molar-refractivity contribution is 7.22. The average Bonchev–Trinajstić information content (AvgIpc) is 2.88. The molecule has 0 unspecified atom stereocenters. The Bertz CT molecular complexity index is 751. The van der Waals surface area contributed by atoms with Crippen LogP contribution in [-0.4, -0.2) is 22.5 Å². The maximum atomic E-state index is 12.0. The Labute approximate surface area is 125 Å². The van der Waals surface area contributed by atoms with E-state index in [9.17, 15) is 9.59 Å². The molecule has 0 fully saturated rings. The summed E-state index contributed by atoms with van der Waals surface area (Å²) in [6, 6.07) is 6.08. The molecule has 7 heteroatoms. The normalized spacial score (nSPS) is 14.7. The van der Waals surface area contributed by atoms with Crippen molar-refractivity contribution in [3.8, 4) is 0 Å². The molecule has 1 aromatic heterocycles. The summed E-state index contributed by atoms with van der Waals surface area (Å²) in [5, 5.41) is 7.05. The minimum Gasteiger partial charge on any atom is -0.297 e. The molecular weight excluding hydrogens is 288 g/mol. The van der Waals surface area contributed by atoms with E-state index in [0.717, 1.165) is 16.6 Å². The van der Waals surface area contributed by atoms with Gasteiger partial charge in [-0.25, -0.2) is 10.4 Å². The van der Waals surface area contributed by atoms with Crippen LogP contribution >= 0.6 is 11.3 Å². The van der Waals surface area contributed by atoms with Crippen LogP contribution in [0.4, 0.5) is 5.13 Å². The Morgan fingerprint density at radius 3 is 3.00 bits per heavy atom. The second-order valence-electron chi connectivity index (χ2n) is 4.72. The van der Waals surface area contributed by atoms with E-state index < -0.39 is 0 Å². The number of benzene rings is 1. The lowest BCUT2D eigenvalue weighted by Gasteiger charge is -2.10. The highest BCUT2D eigenvalue weighted by Gasteiger charge is 2.19. The van der Waals surface area contributed by atoms with Gasteiger partial charge in [-0.15, -0.1) is 0 Å². The van der Waals surface area contributed by atoms with E-state index in [1.54, 1.807) is 0 Å². The van der Waals surface area contributed by atoms with Crippen LogP contribution in [0.5, 0.6) is 0 Å². The number of amides is 2. The monoisotopic (exact) mass is 302 g/mol. The van der Waals surface area contributed by atoms with Gasteiger partial charge in [0.25, 0.3) is 5.91 Å². The van der Waals surface area contributed by atoms with E-state index in [4.69, 9.17) is 0 Å². The van der Waals surface area contributed by atoms with E-state index in [2.05, 4.69) is 33.8 Å². The molecule has 1 aliphatic rings. The molecule has 6 nitrogen and oxygen atoms in total. The number of hydrogen-bond acceptors (Lipinski definition) is 5. The zero-order chi connectivity index (χ0) is 14.8. The SMILES string of the molecule is CCc1ccc2nc(NC(=O)C3=NNC(=O)CC3)sc2c1. The van der Waals surface area contributed by atoms with E-state index >= 15 is 0 Å². The molecule has 1 aliphatic heterocycles. The summed E-state index contributed by atoms with van der Waals surface area (Å²) in [7, 11) is 0. The zero-order valence-corrected chi connectivity index (χ0v) is 12.3. The van der Waals surface area contributed by atoms with Gasteiger partial charge in [0.05, 0.1) is 10.2 Å². The maximum absolute atomic E-state index is 12.0. The van der Waals surface area contributed by atoms with E-state index in [1.165, 1.54) is 16.9 Å². The van der Waals surface area contributed by atoms with Gasteiger partial charge in [-0.3, -0.25) is 14.9 Å². The number of thiazole rings is 1. The minimum absolute atomic E-state index is 0.168. The lowest BCUT2D eigenvalue weighted by Crippen LogP contribution is -2.32. The summed E-state index contributed by atoms with van der Waals surface area (Å²) in [5.74, 6) is -0.483. The van der Waals surface area contributed by atoms with E-state index in [0.29, 0.717) is 17.3 Å². The van der Waals surface area contributed by atoms with E-state index in [-0.39, 0.29) is 18.2 Å². The van der Waals surface area contributed by atoms with Gasteiger partial charge in [-0.2, -0.15) is 5.10 Å². The molecule has 0 spiro atoms. The number of hydrogen-bond donors (Lipinski definition) is 2. The number of aryl methyl sites for hydroxylation is 1. The van der Waals surface area contributed by atoms with Crippen molar-refractivity contribution in [2.75, 3.05) is 5.32 Å². The third-order valence-electron chi connectivity index (χ3n) is 3.25. The summed E-state index contributed by atoms with van der Waals surface area (Å²) >= 11 is 1.43. The lowest BCUT2D eigenvalue weighted by atomic mass is 10.2. The Hall–Kier alpha value is -2.28. The predicted octanol–water partition coefficient (Wildman–Crippen LogP) is 2.06. The van der Waals surface area contributed by atoms with Crippen LogP contribution in [0.1, 0.15) is 25.3 Å². The van der Waals surface area contributed by atoms with Crippen LogP contribution < -0.4 is 10.7 Å². The van der Waals surface area contributed by atoms with Crippen molar-refractivity contribution >= 4 is 44.2 Å². The van der Waals surface area contributed by atoms with Crippen LogP contribution in [0, 0.1) is 0 Å². The van der Waals surface area contributed by atoms with Crippen LogP contribution in [0.2, 0.25) is 0 Å². The molecule has 0 aliphatic carbocycles. The van der Waals surface area contributed by atoms with Gasteiger partial charge in [0.15, 0.2) is 5.13 Å². The fraction of sp³-hybridized carbons (Fsp3) is 0.286. The molecule has 0 saturated heterocycles. The summed E-state index contributed by atoms with van der Waals surface area (Å²) in [6.45, 7) is 2.10. The standard InChI is InChI=1S/C14H14N4O2S/c1-2-8-3-4-9-11(7-8)21-14(15-9)16-13(20)10-5-6-12(19)18-17-10/h3-4,7H,2,5-6H2,1H3,(H,18,19)(H,15,16,20). The van der Waals surface area contributed by atoms with Crippen LogP contribution in [0.15, 0.2) is 23.3 Å². The number of fused-ring (bicyclic) bond motifs is 1. The van der Waals surface area contributed by atoms with Crippen molar-refractivity contribution in [2.45, 2.75) is 26.2 Å². The average molecular weight is 302 g/mol. The first kappa shape index (κ1) is 13.7. The number of nitrogens with one attached hydrogen (secondary N) is 2. The van der Waals surface area contributed by atoms with Gasteiger partial charge in [0.1, 0.15) is 5.71 Å². The fourth-order valence-electron chi connectivity index (χ4n) is 2.05. The summed E-state index contributed by atoms with van der Waals surface area (Å²) in [4.78, 5) is 27.4. The van der Waals surface area contributed by atoms with E-state index in [1.807, 2.05) is 12.1 Å². The smallest absolute Gasteiger partial charge is 0.273 e. The van der Waals surface area contributed by atoms with Crippen molar-refractivity contribution in [3.63, 3.8) is 0 Å². The maximum Gasteiger partial charge on any atom is 0.273 e. The Morgan fingerprint density at radius 1 is 1.43 bits per heavy atom. The first-order valence-corrected chi connectivity index (χ1v) is 7.53. The Kier molecular flexibility index (Phi) is 3.66. The summed E-state index contributed by atoms with van der Waals surface area (Å²) in [5.41, 5.74) is 4.74. The lowest BCUT2D eigenvalue weighted by molar-refractivity contribution is -0.121. The zero-order valence-electron chi connectivity index (χ0n) is 11.5. The minimum atomic E-state index is -0.315. The summed E-state index contributed by atoms with van der Waals surface area (Å²) in [6.07, 6.45) is 1.60. The third-order valence-corrected chi connectivity index (χ3v) is 4.18. The second-order valence-corrected chi connectivity index (χ2v) is 5.75. The van der Waals surface area contributed by atoms with Crippen LogP contribution in [0.3, 0.4) is 0 Å². The number of hydrazone groups is 1. The first-order valence-electron chi connectivity index (χ1n) is 6.72. The molecule has 2 N–H and O–H groups in total. The molecule has 0 saturated carbocycles. The molecule has 0 radical (unpaired) electrons. The number of anilines is 1. The molecule has 2 heterocycles.